The van der Waals surface area contributed by atoms with Crippen molar-refractivity contribution in [3.8, 4) is 6.07 Å². The topological polar surface area (TPSA) is 114 Å². The van der Waals surface area contributed by atoms with Crippen LogP contribution >= 0.6 is 0 Å². The van der Waals surface area contributed by atoms with Crippen LogP contribution in [0.3, 0.4) is 0 Å². The summed E-state index contributed by atoms with van der Waals surface area (Å²) in [4.78, 5) is 29.8. The Morgan fingerprint density at radius 1 is 1.16 bits per heavy atom. The van der Waals surface area contributed by atoms with E-state index in [1.807, 2.05) is 17.9 Å². The average Bonchev–Trinajstić information content (AvgIpc) is 3.10. The first-order chi connectivity index (χ1) is 14.7. The van der Waals surface area contributed by atoms with Gasteiger partial charge in [-0.25, -0.2) is 8.42 Å². The summed E-state index contributed by atoms with van der Waals surface area (Å²) < 4.78 is 27.3. The number of nitrogens with one attached hydrogen (secondary N) is 1. The molecule has 0 radical (unpaired) electrons. The van der Waals surface area contributed by atoms with Crippen LogP contribution in [0.4, 0.5) is 0 Å². The Morgan fingerprint density at radius 3 is 2.39 bits per heavy atom. The SMILES string of the molecule is CCc1c(C(=O)CN2CCN(S(=O)(=O)c3ccccc3C#N)CC2)[nH]c(C)c1C(C)=O. The molecule has 164 valence electrons. The maximum Gasteiger partial charge on any atom is 0.244 e. The number of ketones is 2. The smallest absolute Gasteiger partial charge is 0.244 e. The third-order valence-corrected chi connectivity index (χ3v) is 7.56. The largest absolute Gasteiger partial charge is 0.355 e. The third-order valence-electron chi connectivity index (χ3n) is 5.60. The highest BCUT2D eigenvalue weighted by Crippen LogP contribution is 2.23. The van der Waals surface area contributed by atoms with Crippen LogP contribution < -0.4 is 0 Å². The van der Waals surface area contributed by atoms with E-state index in [9.17, 15) is 23.3 Å². The zero-order valence-corrected chi connectivity index (χ0v) is 18.8. The monoisotopic (exact) mass is 442 g/mol. The summed E-state index contributed by atoms with van der Waals surface area (Å²) in [7, 11) is -3.78. The number of aryl methyl sites for hydroxylation is 1. The fourth-order valence-electron chi connectivity index (χ4n) is 4.08. The molecular weight excluding hydrogens is 416 g/mol. The first-order valence-electron chi connectivity index (χ1n) is 10.2. The Labute approximate surface area is 182 Å². The zero-order valence-electron chi connectivity index (χ0n) is 17.9. The lowest BCUT2D eigenvalue weighted by atomic mass is 10.0. The number of hydrogen-bond donors (Lipinski definition) is 1. The van der Waals surface area contributed by atoms with Gasteiger partial charge in [-0.3, -0.25) is 14.5 Å². The molecule has 1 aromatic heterocycles. The second-order valence-corrected chi connectivity index (χ2v) is 9.51. The quantitative estimate of drug-likeness (QED) is 0.657. The van der Waals surface area contributed by atoms with Crippen molar-refractivity contribution in [2.24, 2.45) is 0 Å². The Balaban J connectivity index is 1.70. The van der Waals surface area contributed by atoms with Crippen molar-refractivity contribution in [3.63, 3.8) is 0 Å². The number of aromatic nitrogens is 1. The van der Waals surface area contributed by atoms with E-state index in [-0.39, 0.29) is 41.7 Å². The lowest BCUT2D eigenvalue weighted by molar-refractivity contribution is 0.0896. The molecule has 0 unspecified atom stereocenters. The summed E-state index contributed by atoms with van der Waals surface area (Å²) in [6, 6.07) is 8.09. The summed E-state index contributed by atoms with van der Waals surface area (Å²) in [5.41, 5.74) is 2.60. The van der Waals surface area contributed by atoms with Crippen molar-refractivity contribution < 1.29 is 18.0 Å². The standard InChI is InChI=1S/C22H26N4O4S/c1-4-18-21(16(3)27)15(2)24-22(18)19(28)14-25-9-11-26(12-10-25)31(29,30)20-8-6-5-7-17(20)13-23/h5-8,24H,4,9-12,14H2,1-3H3. The average molecular weight is 443 g/mol. The predicted octanol–water partition coefficient (Wildman–Crippen LogP) is 2.15. The lowest BCUT2D eigenvalue weighted by Crippen LogP contribution is -2.50. The number of piperazine rings is 1. The summed E-state index contributed by atoms with van der Waals surface area (Å²) >= 11 is 0. The van der Waals surface area contributed by atoms with Gasteiger partial charge >= 0.3 is 0 Å². The number of Topliss-reactive ketones (excluding diaryl/α,β-unsaturated/α-hetero) is 2. The Hall–Kier alpha value is -2.80. The van der Waals surface area contributed by atoms with Crippen LogP contribution in [0.1, 0.15) is 51.5 Å². The molecule has 31 heavy (non-hydrogen) atoms. The second-order valence-electron chi connectivity index (χ2n) is 7.60. The predicted molar refractivity (Wildman–Crippen MR) is 116 cm³/mol. The van der Waals surface area contributed by atoms with Crippen molar-refractivity contribution in [2.75, 3.05) is 32.7 Å². The van der Waals surface area contributed by atoms with Crippen LogP contribution in [0.2, 0.25) is 0 Å². The maximum atomic E-state index is 13.0. The van der Waals surface area contributed by atoms with E-state index in [4.69, 9.17) is 0 Å². The van der Waals surface area contributed by atoms with Crippen molar-refractivity contribution >= 4 is 21.6 Å². The highest BCUT2D eigenvalue weighted by atomic mass is 32.2. The van der Waals surface area contributed by atoms with E-state index in [2.05, 4.69) is 4.98 Å². The van der Waals surface area contributed by atoms with Gasteiger partial charge in [-0.1, -0.05) is 19.1 Å². The van der Waals surface area contributed by atoms with Crippen LogP contribution in [-0.2, 0) is 16.4 Å². The van der Waals surface area contributed by atoms with Gasteiger partial charge in [0.25, 0.3) is 0 Å². The number of sulfonamides is 1. The fourth-order valence-corrected chi connectivity index (χ4v) is 5.64. The summed E-state index contributed by atoms with van der Waals surface area (Å²) in [5.74, 6) is -0.181. The molecule has 0 spiro atoms. The van der Waals surface area contributed by atoms with Gasteiger partial charge in [0.15, 0.2) is 11.6 Å². The summed E-state index contributed by atoms with van der Waals surface area (Å²) in [6.45, 7) is 6.61. The van der Waals surface area contributed by atoms with Crippen LogP contribution in [-0.4, -0.2) is 66.9 Å². The highest BCUT2D eigenvalue weighted by Gasteiger charge is 2.31. The van der Waals surface area contributed by atoms with E-state index in [1.165, 1.54) is 23.4 Å². The minimum atomic E-state index is -3.78. The molecule has 1 aliphatic rings. The van der Waals surface area contributed by atoms with Crippen molar-refractivity contribution in [2.45, 2.75) is 32.1 Å². The van der Waals surface area contributed by atoms with Crippen molar-refractivity contribution in [1.82, 2.24) is 14.2 Å². The molecule has 2 aromatic rings. The number of H-pyrrole nitrogens is 1. The molecule has 1 aromatic carbocycles. The zero-order chi connectivity index (χ0) is 22.8. The molecule has 0 saturated carbocycles. The highest BCUT2D eigenvalue weighted by molar-refractivity contribution is 7.89. The van der Waals surface area contributed by atoms with E-state index in [0.29, 0.717) is 36.5 Å². The van der Waals surface area contributed by atoms with Crippen molar-refractivity contribution in [1.29, 1.82) is 5.26 Å². The Morgan fingerprint density at radius 2 is 1.81 bits per heavy atom. The molecule has 0 amide bonds. The molecule has 1 fully saturated rings. The first-order valence-corrected chi connectivity index (χ1v) is 11.6. The van der Waals surface area contributed by atoms with Gasteiger partial charge in [0.2, 0.25) is 10.0 Å². The minimum absolute atomic E-state index is 0.00763. The molecule has 0 aliphatic carbocycles. The Bertz CT molecular complexity index is 1150. The van der Waals surface area contributed by atoms with Crippen LogP contribution in [0, 0.1) is 18.3 Å². The molecular formula is C22H26N4O4S. The van der Waals surface area contributed by atoms with Crippen LogP contribution in [0.5, 0.6) is 0 Å². The Kier molecular flexibility index (Phi) is 6.74. The molecule has 9 heteroatoms. The lowest BCUT2D eigenvalue weighted by Gasteiger charge is -2.33. The molecule has 1 aliphatic heterocycles. The summed E-state index contributed by atoms with van der Waals surface area (Å²) in [5, 5.41) is 9.23. The maximum absolute atomic E-state index is 13.0. The van der Waals surface area contributed by atoms with Gasteiger partial charge in [0.1, 0.15) is 6.07 Å². The molecule has 0 bridgehead atoms. The summed E-state index contributed by atoms with van der Waals surface area (Å²) in [6.07, 6.45) is 0.574. The van der Waals surface area contributed by atoms with E-state index >= 15 is 0 Å². The van der Waals surface area contributed by atoms with E-state index in [1.54, 1.807) is 19.1 Å². The van der Waals surface area contributed by atoms with Gasteiger partial charge in [0, 0.05) is 37.4 Å². The van der Waals surface area contributed by atoms with Gasteiger partial charge in [-0.05, 0) is 38.0 Å². The molecule has 1 saturated heterocycles. The number of nitriles is 1. The molecule has 1 N–H and O–H groups in total. The first kappa shape index (κ1) is 22.9. The third kappa shape index (κ3) is 4.46. The molecule has 2 heterocycles. The fraction of sp³-hybridized carbons (Fsp3) is 0.409. The number of carbonyl (C=O) groups is 2. The number of aromatic amines is 1. The number of benzene rings is 1. The van der Waals surface area contributed by atoms with E-state index < -0.39 is 10.0 Å². The van der Waals surface area contributed by atoms with Crippen LogP contribution in [0.15, 0.2) is 29.2 Å². The molecule has 3 rings (SSSR count). The number of rotatable bonds is 7. The minimum Gasteiger partial charge on any atom is -0.355 e. The normalized spacial score (nSPS) is 15.5. The molecule has 0 atom stereocenters. The van der Waals surface area contributed by atoms with Crippen molar-refractivity contribution in [3.05, 3.63) is 52.3 Å². The number of carbonyl (C=O) groups excluding carboxylic acids is 2. The van der Waals surface area contributed by atoms with E-state index in [0.717, 1.165) is 5.56 Å². The van der Waals surface area contributed by atoms with Crippen LogP contribution in [0.25, 0.3) is 0 Å². The van der Waals surface area contributed by atoms with Gasteiger partial charge in [-0.2, -0.15) is 9.57 Å². The van der Waals surface area contributed by atoms with Gasteiger partial charge in [0.05, 0.1) is 22.7 Å². The number of hydrogen-bond acceptors (Lipinski definition) is 6. The van der Waals surface area contributed by atoms with Gasteiger partial charge < -0.3 is 4.98 Å². The molecule has 8 nitrogen and oxygen atoms in total. The second kappa shape index (κ2) is 9.14. The van der Waals surface area contributed by atoms with Gasteiger partial charge in [-0.15, -0.1) is 0 Å². The number of nitrogens with zero attached hydrogens (tertiary/aromatic N) is 3.